The molecule has 0 fully saturated rings. The minimum absolute atomic E-state index is 0.0233. The third kappa shape index (κ3) is 3.31. The maximum Gasteiger partial charge on any atom is 0.387 e. The zero-order valence-corrected chi connectivity index (χ0v) is 9.75. The second-order valence-corrected chi connectivity index (χ2v) is 3.54. The van der Waals surface area contributed by atoms with E-state index in [1.54, 1.807) is 6.07 Å². The molecule has 96 valence electrons. The zero-order valence-electron chi connectivity index (χ0n) is 8.99. The number of benzene rings is 1. The van der Waals surface area contributed by atoms with E-state index in [1.807, 2.05) is 0 Å². The Labute approximate surface area is 106 Å². The Morgan fingerprint density at radius 1 is 1.56 bits per heavy atom. The van der Waals surface area contributed by atoms with Crippen molar-refractivity contribution in [2.45, 2.75) is 18.9 Å². The molecule has 0 unspecified atom stereocenters. The summed E-state index contributed by atoms with van der Waals surface area (Å²) in [5.41, 5.74) is 0.242. The van der Waals surface area contributed by atoms with Gasteiger partial charge in [-0.25, -0.2) is 0 Å². The first-order valence-corrected chi connectivity index (χ1v) is 5.30. The van der Waals surface area contributed by atoms with Gasteiger partial charge in [-0.3, -0.25) is 4.79 Å². The van der Waals surface area contributed by atoms with Gasteiger partial charge in [-0.1, -0.05) is 6.07 Å². The molecule has 0 aromatic heterocycles. The van der Waals surface area contributed by atoms with Crippen molar-refractivity contribution in [2.24, 2.45) is 0 Å². The molecule has 0 radical (unpaired) electrons. The fourth-order valence-corrected chi connectivity index (χ4v) is 1.68. The number of carboxylic acids is 1. The molecule has 1 rings (SSSR count). The molecular formula is C11H8ClF2NO3. The minimum atomic E-state index is -3.09. The van der Waals surface area contributed by atoms with Crippen LogP contribution in [0.3, 0.4) is 0 Å². The molecule has 1 aromatic carbocycles. The molecule has 0 aliphatic heterocycles. The van der Waals surface area contributed by atoms with Crippen molar-refractivity contribution in [1.29, 1.82) is 5.26 Å². The number of hydrogen-bond acceptors (Lipinski definition) is 3. The van der Waals surface area contributed by atoms with Crippen molar-refractivity contribution >= 4 is 17.6 Å². The number of halogens is 3. The van der Waals surface area contributed by atoms with E-state index >= 15 is 0 Å². The minimum Gasteiger partial charge on any atom is -0.481 e. The summed E-state index contributed by atoms with van der Waals surface area (Å²) in [7, 11) is 0. The highest BCUT2D eigenvalue weighted by molar-refractivity contribution is 6.17. The van der Waals surface area contributed by atoms with Crippen LogP contribution in [-0.2, 0) is 17.1 Å². The molecule has 7 heteroatoms. The molecule has 4 nitrogen and oxygen atoms in total. The second-order valence-electron chi connectivity index (χ2n) is 3.27. The number of nitrogens with zero attached hydrogens (tertiary/aromatic N) is 1. The molecule has 0 saturated carbocycles. The summed E-state index contributed by atoms with van der Waals surface area (Å²) >= 11 is 5.59. The summed E-state index contributed by atoms with van der Waals surface area (Å²) in [4.78, 5) is 10.7. The number of carboxylic acid groups (broad SMARTS) is 1. The van der Waals surface area contributed by atoms with E-state index in [1.165, 1.54) is 12.1 Å². The molecule has 18 heavy (non-hydrogen) atoms. The van der Waals surface area contributed by atoms with E-state index < -0.39 is 19.0 Å². The molecule has 0 bridgehead atoms. The van der Waals surface area contributed by atoms with E-state index in [0.29, 0.717) is 5.56 Å². The van der Waals surface area contributed by atoms with Gasteiger partial charge in [0.2, 0.25) is 0 Å². The molecule has 0 saturated heterocycles. The fraction of sp³-hybridized carbons (Fsp3) is 0.273. The SMILES string of the molecule is N#Cc1c(CCl)ccc(OC(F)F)c1CC(=O)O. The summed E-state index contributed by atoms with van der Waals surface area (Å²) in [6.45, 7) is -3.09. The van der Waals surface area contributed by atoms with Crippen LogP contribution in [0.25, 0.3) is 0 Å². The first-order chi connectivity index (χ1) is 8.49. The van der Waals surface area contributed by atoms with E-state index in [9.17, 15) is 13.6 Å². The smallest absolute Gasteiger partial charge is 0.387 e. The predicted octanol–water partition coefficient (Wildman–Crippen LogP) is 2.53. The number of rotatable bonds is 5. The quantitative estimate of drug-likeness (QED) is 0.838. The van der Waals surface area contributed by atoms with Crippen LogP contribution in [0.1, 0.15) is 16.7 Å². The normalized spacial score (nSPS) is 10.2. The molecular weight excluding hydrogens is 268 g/mol. The van der Waals surface area contributed by atoms with Gasteiger partial charge in [-0.05, 0) is 11.6 Å². The summed E-state index contributed by atoms with van der Waals surface area (Å²) in [5, 5.41) is 17.7. The van der Waals surface area contributed by atoms with Crippen LogP contribution >= 0.6 is 11.6 Å². The highest BCUT2D eigenvalue weighted by atomic mass is 35.5. The molecule has 1 aromatic rings. The fourth-order valence-electron chi connectivity index (χ4n) is 1.46. The second kappa shape index (κ2) is 6.17. The van der Waals surface area contributed by atoms with Crippen molar-refractivity contribution in [3.05, 3.63) is 28.8 Å². The monoisotopic (exact) mass is 275 g/mol. The van der Waals surface area contributed by atoms with Crippen LogP contribution in [0.4, 0.5) is 8.78 Å². The number of nitriles is 1. The molecule has 0 aliphatic rings. The van der Waals surface area contributed by atoms with E-state index in [0.717, 1.165) is 0 Å². The van der Waals surface area contributed by atoms with Crippen molar-refractivity contribution in [2.75, 3.05) is 0 Å². The van der Waals surface area contributed by atoms with Crippen molar-refractivity contribution in [3.63, 3.8) is 0 Å². The standard InChI is InChI=1S/C11H8ClF2NO3/c12-4-6-1-2-9(18-11(13)14)7(3-10(16)17)8(6)5-15/h1-2,11H,3-4H2,(H,16,17). The van der Waals surface area contributed by atoms with Gasteiger partial charge in [-0.2, -0.15) is 14.0 Å². The van der Waals surface area contributed by atoms with Crippen LogP contribution < -0.4 is 4.74 Å². The lowest BCUT2D eigenvalue weighted by Crippen LogP contribution is -2.10. The molecule has 0 atom stereocenters. The molecule has 0 spiro atoms. The third-order valence-corrected chi connectivity index (χ3v) is 2.44. The van der Waals surface area contributed by atoms with Crippen LogP contribution in [-0.4, -0.2) is 17.7 Å². The zero-order chi connectivity index (χ0) is 13.7. The van der Waals surface area contributed by atoms with Gasteiger partial charge in [0.1, 0.15) is 5.75 Å². The van der Waals surface area contributed by atoms with Gasteiger partial charge < -0.3 is 9.84 Å². The molecule has 0 heterocycles. The Morgan fingerprint density at radius 2 is 2.22 bits per heavy atom. The molecule has 0 amide bonds. The number of ether oxygens (including phenoxy) is 1. The van der Waals surface area contributed by atoms with Crippen molar-refractivity contribution in [1.82, 2.24) is 0 Å². The van der Waals surface area contributed by atoms with Crippen LogP contribution in [0.15, 0.2) is 12.1 Å². The van der Waals surface area contributed by atoms with Crippen molar-refractivity contribution in [3.8, 4) is 11.8 Å². The number of hydrogen-bond donors (Lipinski definition) is 1. The largest absolute Gasteiger partial charge is 0.481 e. The van der Waals surface area contributed by atoms with E-state index in [4.69, 9.17) is 22.0 Å². The maximum atomic E-state index is 12.2. The van der Waals surface area contributed by atoms with E-state index in [2.05, 4.69) is 4.74 Å². The highest BCUT2D eigenvalue weighted by Crippen LogP contribution is 2.28. The average molecular weight is 276 g/mol. The van der Waals surface area contributed by atoms with E-state index in [-0.39, 0.29) is 22.8 Å². The van der Waals surface area contributed by atoms with Gasteiger partial charge in [0.05, 0.1) is 18.1 Å². The Balaban J connectivity index is 3.34. The Kier molecular flexibility index (Phi) is 4.86. The summed E-state index contributed by atoms with van der Waals surface area (Å²) in [6, 6.07) is 4.30. The maximum absolute atomic E-state index is 12.2. The molecule has 0 aliphatic carbocycles. The number of carbonyl (C=O) groups is 1. The van der Waals surface area contributed by atoms with Crippen LogP contribution in [0.5, 0.6) is 5.75 Å². The lowest BCUT2D eigenvalue weighted by molar-refractivity contribution is -0.136. The van der Waals surface area contributed by atoms with Crippen molar-refractivity contribution < 1.29 is 23.4 Å². The summed E-state index contributed by atoms with van der Waals surface area (Å²) in [6.07, 6.45) is -0.588. The van der Waals surface area contributed by atoms with Gasteiger partial charge >= 0.3 is 12.6 Å². The number of aliphatic carboxylic acids is 1. The Hall–Kier alpha value is -1.87. The first kappa shape index (κ1) is 14.2. The van der Waals surface area contributed by atoms with Gasteiger partial charge in [0.25, 0.3) is 0 Å². The first-order valence-electron chi connectivity index (χ1n) is 4.77. The summed E-state index contributed by atoms with van der Waals surface area (Å²) in [5.74, 6) is -1.60. The number of alkyl halides is 3. The van der Waals surface area contributed by atoms with Gasteiger partial charge in [0, 0.05) is 11.4 Å². The Morgan fingerprint density at radius 3 is 2.67 bits per heavy atom. The lowest BCUT2D eigenvalue weighted by Gasteiger charge is -2.12. The van der Waals surface area contributed by atoms with Crippen LogP contribution in [0, 0.1) is 11.3 Å². The van der Waals surface area contributed by atoms with Gasteiger partial charge in [-0.15, -0.1) is 11.6 Å². The third-order valence-electron chi connectivity index (χ3n) is 2.16. The van der Waals surface area contributed by atoms with Crippen LogP contribution in [0.2, 0.25) is 0 Å². The van der Waals surface area contributed by atoms with Gasteiger partial charge in [0.15, 0.2) is 0 Å². The molecule has 1 N–H and O–H groups in total. The highest BCUT2D eigenvalue weighted by Gasteiger charge is 2.18. The predicted molar refractivity (Wildman–Crippen MR) is 58.7 cm³/mol. The lowest BCUT2D eigenvalue weighted by atomic mass is 9.99. The average Bonchev–Trinajstić information content (AvgIpc) is 2.29. The summed E-state index contributed by atoms with van der Waals surface area (Å²) < 4.78 is 28.6. The topological polar surface area (TPSA) is 70.3 Å². The Bertz CT molecular complexity index is 500.